The van der Waals surface area contributed by atoms with Gasteiger partial charge in [-0.25, -0.2) is 0 Å². The van der Waals surface area contributed by atoms with Crippen molar-refractivity contribution in [2.24, 2.45) is 11.7 Å². The lowest BCUT2D eigenvalue weighted by Gasteiger charge is -2.30. The van der Waals surface area contributed by atoms with Crippen LogP contribution in [0.4, 0.5) is 0 Å². The lowest BCUT2D eigenvalue weighted by Crippen LogP contribution is -2.38. The van der Waals surface area contributed by atoms with E-state index in [1.165, 1.54) is 36.0 Å². The Hall–Kier alpha value is -0.820. The maximum atomic E-state index is 6.37. The van der Waals surface area contributed by atoms with Crippen molar-refractivity contribution in [1.82, 2.24) is 0 Å². The van der Waals surface area contributed by atoms with Gasteiger partial charge in [0, 0.05) is 5.54 Å². The van der Waals surface area contributed by atoms with Crippen LogP contribution in [0.3, 0.4) is 0 Å². The minimum Gasteiger partial charge on any atom is -0.321 e. The number of fused-ring (bicyclic) bond motifs is 1. The third-order valence-electron chi connectivity index (χ3n) is 3.92. The van der Waals surface area contributed by atoms with Crippen molar-refractivity contribution in [2.45, 2.75) is 45.6 Å². The van der Waals surface area contributed by atoms with E-state index in [2.05, 4.69) is 39.0 Å². The molecule has 1 aliphatic rings. The Morgan fingerprint density at radius 1 is 1.20 bits per heavy atom. The molecule has 82 valence electrons. The van der Waals surface area contributed by atoms with Gasteiger partial charge in [0.25, 0.3) is 0 Å². The molecule has 2 rings (SSSR count). The molecule has 0 spiro atoms. The van der Waals surface area contributed by atoms with Crippen LogP contribution in [0.15, 0.2) is 18.2 Å². The summed E-state index contributed by atoms with van der Waals surface area (Å²) in [6.45, 7) is 6.51. The smallest absolute Gasteiger partial charge is 0.0404 e. The topological polar surface area (TPSA) is 26.0 Å². The maximum absolute atomic E-state index is 6.37. The van der Waals surface area contributed by atoms with E-state index in [9.17, 15) is 0 Å². The molecule has 1 aromatic carbocycles. The van der Waals surface area contributed by atoms with E-state index in [1.807, 2.05) is 0 Å². The number of hydrogen-bond donors (Lipinski definition) is 1. The second kappa shape index (κ2) is 3.64. The molecular formula is C14H21N. The molecule has 0 saturated heterocycles. The van der Waals surface area contributed by atoms with Gasteiger partial charge in [-0.05, 0) is 48.8 Å². The fraction of sp³-hybridized carbons (Fsp3) is 0.571. The molecule has 0 saturated carbocycles. The first-order valence-corrected chi connectivity index (χ1v) is 5.93. The molecule has 1 atom stereocenters. The lowest BCUT2D eigenvalue weighted by molar-refractivity contribution is 0.350. The molecule has 1 nitrogen and oxygen atoms in total. The standard InChI is InChI=1S/C14H21N/c1-10(2)14(3,15)13-8-7-11-5-4-6-12(11)9-13/h7-10H,4-6,15H2,1-3H3. The summed E-state index contributed by atoms with van der Waals surface area (Å²) in [4.78, 5) is 0. The second-order valence-corrected chi connectivity index (χ2v) is 5.27. The monoisotopic (exact) mass is 203 g/mol. The summed E-state index contributed by atoms with van der Waals surface area (Å²) in [5.41, 5.74) is 10.5. The molecule has 0 aromatic heterocycles. The molecule has 15 heavy (non-hydrogen) atoms. The van der Waals surface area contributed by atoms with Crippen LogP contribution in [0.5, 0.6) is 0 Å². The van der Waals surface area contributed by atoms with Gasteiger partial charge in [-0.3, -0.25) is 0 Å². The van der Waals surface area contributed by atoms with Gasteiger partial charge in [-0.2, -0.15) is 0 Å². The van der Waals surface area contributed by atoms with Gasteiger partial charge in [0.15, 0.2) is 0 Å². The van der Waals surface area contributed by atoms with Gasteiger partial charge in [0.1, 0.15) is 0 Å². The summed E-state index contributed by atoms with van der Waals surface area (Å²) < 4.78 is 0. The van der Waals surface area contributed by atoms with Crippen LogP contribution in [0.25, 0.3) is 0 Å². The van der Waals surface area contributed by atoms with E-state index in [1.54, 1.807) is 0 Å². The van der Waals surface area contributed by atoms with Gasteiger partial charge in [0.2, 0.25) is 0 Å². The van der Waals surface area contributed by atoms with Crippen LogP contribution in [0.2, 0.25) is 0 Å². The van der Waals surface area contributed by atoms with Crippen molar-refractivity contribution in [3.8, 4) is 0 Å². The zero-order chi connectivity index (χ0) is 11.1. The van der Waals surface area contributed by atoms with Crippen LogP contribution in [-0.4, -0.2) is 0 Å². The molecule has 1 unspecified atom stereocenters. The van der Waals surface area contributed by atoms with E-state index in [0.29, 0.717) is 5.92 Å². The summed E-state index contributed by atoms with van der Waals surface area (Å²) in [6, 6.07) is 6.80. The largest absolute Gasteiger partial charge is 0.321 e. The first-order valence-electron chi connectivity index (χ1n) is 5.93. The number of aryl methyl sites for hydroxylation is 2. The third kappa shape index (κ3) is 1.81. The van der Waals surface area contributed by atoms with Crippen LogP contribution in [0, 0.1) is 5.92 Å². The average Bonchev–Trinajstić information content (AvgIpc) is 2.63. The Morgan fingerprint density at radius 3 is 2.53 bits per heavy atom. The quantitative estimate of drug-likeness (QED) is 0.785. The molecule has 0 aliphatic heterocycles. The number of nitrogens with two attached hydrogens (primary N) is 1. The highest BCUT2D eigenvalue weighted by Crippen LogP contribution is 2.30. The predicted octanol–water partition coefficient (Wildman–Crippen LogP) is 3.01. The average molecular weight is 203 g/mol. The SMILES string of the molecule is CC(C)C(C)(N)c1ccc2c(c1)CCC2. The number of benzene rings is 1. The predicted molar refractivity (Wildman–Crippen MR) is 64.8 cm³/mol. The minimum atomic E-state index is -0.197. The Kier molecular flexibility index (Phi) is 2.59. The van der Waals surface area contributed by atoms with Crippen LogP contribution in [-0.2, 0) is 18.4 Å². The van der Waals surface area contributed by atoms with Crippen molar-refractivity contribution in [3.05, 3.63) is 34.9 Å². The van der Waals surface area contributed by atoms with Crippen LogP contribution in [0.1, 0.15) is 43.9 Å². The van der Waals surface area contributed by atoms with E-state index in [4.69, 9.17) is 5.73 Å². The Morgan fingerprint density at radius 2 is 1.87 bits per heavy atom. The molecule has 1 heteroatoms. The van der Waals surface area contributed by atoms with Crippen molar-refractivity contribution >= 4 is 0 Å². The summed E-state index contributed by atoms with van der Waals surface area (Å²) in [7, 11) is 0. The van der Waals surface area contributed by atoms with Crippen LogP contribution >= 0.6 is 0 Å². The molecule has 2 N–H and O–H groups in total. The zero-order valence-electron chi connectivity index (χ0n) is 10.0. The van der Waals surface area contributed by atoms with Crippen molar-refractivity contribution in [1.29, 1.82) is 0 Å². The molecule has 0 bridgehead atoms. The van der Waals surface area contributed by atoms with Gasteiger partial charge >= 0.3 is 0 Å². The van der Waals surface area contributed by atoms with E-state index >= 15 is 0 Å². The first-order chi connectivity index (χ1) is 7.01. The highest BCUT2D eigenvalue weighted by molar-refractivity contribution is 5.38. The molecular weight excluding hydrogens is 182 g/mol. The summed E-state index contributed by atoms with van der Waals surface area (Å²) in [5, 5.41) is 0. The Labute approximate surface area is 92.7 Å². The first kappa shape index (κ1) is 10.7. The second-order valence-electron chi connectivity index (χ2n) is 5.27. The van der Waals surface area contributed by atoms with Gasteiger partial charge in [-0.15, -0.1) is 0 Å². The molecule has 1 aromatic rings. The van der Waals surface area contributed by atoms with Crippen molar-refractivity contribution in [2.75, 3.05) is 0 Å². The van der Waals surface area contributed by atoms with E-state index in [0.717, 1.165) is 0 Å². The Balaban J connectivity index is 2.38. The van der Waals surface area contributed by atoms with Gasteiger partial charge in [0.05, 0.1) is 0 Å². The summed E-state index contributed by atoms with van der Waals surface area (Å²) >= 11 is 0. The van der Waals surface area contributed by atoms with Crippen molar-refractivity contribution in [3.63, 3.8) is 0 Å². The molecule has 0 amide bonds. The molecule has 1 aliphatic carbocycles. The van der Waals surface area contributed by atoms with Crippen LogP contribution < -0.4 is 5.73 Å². The van der Waals surface area contributed by atoms with Gasteiger partial charge < -0.3 is 5.73 Å². The Bertz CT molecular complexity index is 364. The van der Waals surface area contributed by atoms with E-state index in [-0.39, 0.29) is 5.54 Å². The number of rotatable bonds is 2. The summed E-state index contributed by atoms with van der Waals surface area (Å²) in [5.74, 6) is 0.469. The summed E-state index contributed by atoms with van der Waals surface area (Å²) in [6.07, 6.45) is 3.79. The highest BCUT2D eigenvalue weighted by Gasteiger charge is 2.26. The minimum absolute atomic E-state index is 0.197. The fourth-order valence-electron chi connectivity index (χ4n) is 2.24. The van der Waals surface area contributed by atoms with E-state index < -0.39 is 0 Å². The normalized spacial score (nSPS) is 19.0. The number of hydrogen-bond acceptors (Lipinski definition) is 1. The molecule has 0 radical (unpaired) electrons. The molecule has 0 fully saturated rings. The maximum Gasteiger partial charge on any atom is 0.0404 e. The lowest BCUT2D eigenvalue weighted by atomic mass is 9.82. The third-order valence-corrected chi connectivity index (χ3v) is 3.92. The van der Waals surface area contributed by atoms with Gasteiger partial charge in [-0.1, -0.05) is 32.0 Å². The molecule has 0 heterocycles. The fourth-order valence-corrected chi connectivity index (χ4v) is 2.24. The zero-order valence-corrected chi connectivity index (χ0v) is 10.0. The highest BCUT2D eigenvalue weighted by atomic mass is 14.7. The van der Waals surface area contributed by atoms with Crippen molar-refractivity contribution < 1.29 is 0 Å².